The van der Waals surface area contributed by atoms with Crippen molar-refractivity contribution >= 4 is 21.8 Å². The van der Waals surface area contributed by atoms with Gasteiger partial charge < -0.3 is 4.90 Å². The van der Waals surface area contributed by atoms with Crippen molar-refractivity contribution in [2.45, 2.75) is 32.6 Å². The molecule has 1 aliphatic rings. The van der Waals surface area contributed by atoms with Crippen LogP contribution in [0.4, 0.5) is 0 Å². The summed E-state index contributed by atoms with van der Waals surface area (Å²) in [4.78, 5) is 13.6. The van der Waals surface area contributed by atoms with E-state index in [1.165, 1.54) is 12.8 Å². The molecular weight excluding hydrogens is 230 g/mol. The van der Waals surface area contributed by atoms with E-state index in [0.717, 1.165) is 30.8 Å². The van der Waals surface area contributed by atoms with Gasteiger partial charge in [-0.05, 0) is 25.2 Å². The zero-order valence-electron chi connectivity index (χ0n) is 8.26. The van der Waals surface area contributed by atoms with Crippen LogP contribution in [0.3, 0.4) is 0 Å². The molecule has 2 nitrogen and oxygen atoms in total. The molecule has 13 heavy (non-hydrogen) atoms. The van der Waals surface area contributed by atoms with E-state index in [2.05, 4.69) is 22.9 Å². The number of carbonyl (C=O) groups is 1. The molecule has 0 N–H and O–H groups in total. The Bertz CT molecular complexity index is 168. The molecule has 0 radical (unpaired) electrons. The minimum absolute atomic E-state index is 0.311. The summed E-state index contributed by atoms with van der Waals surface area (Å²) < 4.78 is 0. The van der Waals surface area contributed by atoms with Crippen molar-refractivity contribution in [2.24, 2.45) is 5.92 Å². The monoisotopic (exact) mass is 247 g/mol. The van der Waals surface area contributed by atoms with E-state index in [1.807, 2.05) is 4.90 Å². The van der Waals surface area contributed by atoms with Crippen molar-refractivity contribution in [2.75, 3.05) is 18.4 Å². The molecule has 0 spiro atoms. The Morgan fingerprint density at radius 2 is 2.23 bits per heavy atom. The average Bonchev–Trinajstić information content (AvgIpc) is 2.88. The number of carbonyl (C=O) groups excluding carboxylic acids is 1. The third kappa shape index (κ3) is 4.12. The molecule has 0 saturated heterocycles. The molecule has 0 aromatic rings. The molecule has 1 fully saturated rings. The lowest BCUT2D eigenvalue weighted by Crippen LogP contribution is -2.33. The van der Waals surface area contributed by atoms with Gasteiger partial charge in [-0.1, -0.05) is 22.9 Å². The van der Waals surface area contributed by atoms with E-state index >= 15 is 0 Å². The maximum Gasteiger partial charge on any atom is 0.223 e. The molecule has 0 atom stereocenters. The Kier molecular flexibility index (Phi) is 4.78. The van der Waals surface area contributed by atoms with Crippen molar-refractivity contribution < 1.29 is 4.79 Å². The molecule has 0 heterocycles. The van der Waals surface area contributed by atoms with E-state index in [4.69, 9.17) is 0 Å². The Morgan fingerprint density at radius 1 is 1.54 bits per heavy atom. The van der Waals surface area contributed by atoms with Crippen LogP contribution in [0.25, 0.3) is 0 Å². The smallest absolute Gasteiger partial charge is 0.223 e. The highest BCUT2D eigenvalue weighted by Gasteiger charge is 2.25. The average molecular weight is 248 g/mol. The summed E-state index contributed by atoms with van der Waals surface area (Å²) in [5.41, 5.74) is 0. The summed E-state index contributed by atoms with van der Waals surface area (Å²) in [6.45, 7) is 4.06. The summed E-state index contributed by atoms with van der Waals surface area (Å²) >= 11 is 3.30. The third-order valence-corrected chi connectivity index (χ3v) is 2.73. The SMILES string of the molecule is CCCN(CC1CC1)C(=O)CCBr. The predicted octanol–water partition coefficient (Wildman–Crippen LogP) is 2.42. The normalized spacial score (nSPS) is 15.8. The lowest BCUT2D eigenvalue weighted by molar-refractivity contribution is -0.131. The predicted molar refractivity (Wildman–Crippen MR) is 58.0 cm³/mol. The maximum atomic E-state index is 11.6. The van der Waals surface area contributed by atoms with E-state index in [9.17, 15) is 4.79 Å². The highest BCUT2D eigenvalue weighted by atomic mass is 79.9. The lowest BCUT2D eigenvalue weighted by atomic mass is 10.3. The van der Waals surface area contributed by atoms with E-state index in [0.29, 0.717) is 12.3 Å². The highest BCUT2D eigenvalue weighted by Crippen LogP contribution is 2.29. The molecule has 0 bridgehead atoms. The van der Waals surface area contributed by atoms with Crippen LogP contribution in [0.1, 0.15) is 32.6 Å². The van der Waals surface area contributed by atoms with E-state index in [-0.39, 0.29) is 0 Å². The van der Waals surface area contributed by atoms with Crippen molar-refractivity contribution in [3.8, 4) is 0 Å². The van der Waals surface area contributed by atoms with Crippen LogP contribution in [0, 0.1) is 5.92 Å². The molecule has 1 aliphatic carbocycles. The van der Waals surface area contributed by atoms with Crippen molar-refractivity contribution in [1.82, 2.24) is 4.90 Å². The molecule has 3 heteroatoms. The Balaban J connectivity index is 2.29. The summed E-state index contributed by atoms with van der Waals surface area (Å²) in [5.74, 6) is 1.12. The summed E-state index contributed by atoms with van der Waals surface area (Å²) in [6, 6.07) is 0. The van der Waals surface area contributed by atoms with E-state index < -0.39 is 0 Å². The number of amides is 1. The van der Waals surface area contributed by atoms with Gasteiger partial charge in [-0.3, -0.25) is 4.79 Å². The fourth-order valence-electron chi connectivity index (χ4n) is 1.44. The van der Waals surface area contributed by atoms with E-state index in [1.54, 1.807) is 0 Å². The van der Waals surface area contributed by atoms with Crippen LogP contribution in [0.5, 0.6) is 0 Å². The van der Waals surface area contributed by atoms with Gasteiger partial charge in [0.1, 0.15) is 0 Å². The number of nitrogens with zero attached hydrogens (tertiary/aromatic N) is 1. The third-order valence-electron chi connectivity index (χ3n) is 2.33. The van der Waals surface area contributed by atoms with Crippen LogP contribution in [0.15, 0.2) is 0 Å². The molecule has 0 aromatic heterocycles. The van der Waals surface area contributed by atoms with Gasteiger partial charge in [0.05, 0.1) is 0 Å². The second-order valence-corrected chi connectivity index (χ2v) is 4.52. The van der Waals surface area contributed by atoms with Crippen LogP contribution in [-0.2, 0) is 4.79 Å². The minimum atomic E-state index is 0.311. The number of alkyl halides is 1. The Hall–Kier alpha value is -0.0500. The van der Waals surface area contributed by atoms with Gasteiger partial charge in [0.25, 0.3) is 0 Å². The fraction of sp³-hybridized carbons (Fsp3) is 0.900. The van der Waals surface area contributed by atoms with Gasteiger partial charge in [-0.2, -0.15) is 0 Å². The van der Waals surface area contributed by atoms with Crippen molar-refractivity contribution in [1.29, 1.82) is 0 Å². The van der Waals surface area contributed by atoms with Gasteiger partial charge in [-0.15, -0.1) is 0 Å². The first kappa shape index (κ1) is 11.0. The first-order valence-corrected chi connectivity index (χ1v) is 6.23. The van der Waals surface area contributed by atoms with Gasteiger partial charge in [-0.25, -0.2) is 0 Å². The second-order valence-electron chi connectivity index (χ2n) is 3.72. The van der Waals surface area contributed by atoms with Crippen molar-refractivity contribution in [3.63, 3.8) is 0 Å². The lowest BCUT2D eigenvalue weighted by Gasteiger charge is -2.21. The van der Waals surface area contributed by atoms with Crippen molar-refractivity contribution in [3.05, 3.63) is 0 Å². The van der Waals surface area contributed by atoms with Gasteiger partial charge in [0.15, 0.2) is 0 Å². The standard InChI is InChI=1S/C10H18BrNO/c1-2-7-12(8-9-3-4-9)10(13)5-6-11/h9H,2-8H2,1H3. The molecule has 1 amide bonds. The van der Waals surface area contributed by atoms with Crippen LogP contribution in [-0.4, -0.2) is 29.2 Å². The largest absolute Gasteiger partial charge is 0.342 e. The molecule has 0 aliphatic heterocycles. The molecular formula is C10H18BrNO. The maximum absolute atomic E-state index is 11.6. The van der Waals surface area contributed by atoms with Gasteiger partial charge >= 0.3 is 0 Å². The van der Waals surface area contributed by atoms with Crippen LogP contribution >= 0.6 is 15.9 Å². The highest BCUT2D eigenvalue weighted by molar-refractivity contribution is 9.09. The fourth-order valence-corrected chi connectivity index (χ4v) is 1.78. The zero-order valence-corrected chi connectivity index (χ0v) is 9.85. The second kappa shape index (κ2) is 5.63. The number of halogens is 1. The summed E-state index contributed by atoms with van der Waals surface area (Å²) in [5, 5.41) is 0.788. The Labute approximate surface area is 88.8 Å². The number of hydrogen-bond donors (Lipinski definition) is 0. The number of rotatable bonds is 6. The quantitative estimate of drug-likeness (QED) is 0.661. The molecule has 0 unspecified atom stereocenters. The van der Waals surface area contributed by atoms with Crippen LogP contribution in [0.2, 0.25) is 0 Å². The topological polar surface area (TPSA) is 20.3 Å². The molecule has 76 valence electrons. The van der Waals surface area contributed by atoms with Gasteiger partial charge in [0, 0.05) is 24.8 Å². The Morgan fingerprint density at radius 3 is 2.69 bits per heavy atom. The van der Waals surface area contributed by atoms with Crippen LogP contribution < -0.4 is 0 Å². The zero-order chi connectivity index (χ0) is 9.68. The molecule has 1 saturated carbocycles. The van der Waals surface area contributed by atoms with Gasteiger partial charge in [0.2, 0.25) is 5.91 Å². The summed E-state index contributed by atoms with van der Waals surface area (Å²) in [6.07, 6.45) is 4.36. The minimum Gasteiger partial charge on any atom is -0.342 e. The first-order chi connectivity index (χ1) is 6.27. The molecule has 0 aromatic carbocycles. The summed E-state index contributed by atoms with van der Waals surface area (Å²) in [7, 11) is 0. The first-order valence-electron chi connectivity index (χ1n) is 5.11. The molecule has 1 rings (SSSR count). The number of hydrogen-bond acceptors (Lipinski definition) is 1.